The maximum Gasteiger partial charge on any atom is 0.316 e. The fourth-order valence-corrected chi connectivity index (χ4v) is 5.76. The number of hydrogen-bond donors (Lipinski definition) is 1. The lowest BCUT2D eigenvalue weighted by Crippen LogP contribution is -2.43. The molecule has 5 heteroatoms. The normalized spacial score (nSPS) is 17.8. The molecule has 2 saturated heterocycles. The molecule has 2 aliphatic heterocycles. The van der Waals surface area contributed by atoms with Crippen LogP contribution < -0.4 is 4.74 Å². The number of aromatic hydroxyl groups is 1. The Labute approximate surface area is 187 Å². The minimum atomic E-state index is 0.176. The Morgan fingerprint density at radius 3 is 2.66 bits per heavy atom. The molecule has 5 nitrogen and oxygen atoms in total. The Bertz CT molecular complexity index is 1320. The third-order valence-electron chi connectivity index (χ3n) is 7.40. The first-order valence-electron chi connectivity index (χ1n) is 11.5. The molecule has 32 heavy (non-hydrogen) atoms. The van der Waals surface area contributed by atoms with E-state index in [1.54, 1.807) is 6.07 Å². The summed E-state index contributed by atoms with van der Waals surface area (Å²) in [5, 5.41) is 13.4. The van der Waals surface area contributed by atoms with E-state index in [2.05, 4.69) is 35.0 Å². The standard InChI is InChI=1S/C27H27N3O2/c1-18-22(24-15-21(31)14-19-6-2-3-7-23(19)24)9-8-20-16-28-26(29-25(18)20)32-17-27-10-4-12-30(27)13-5-11-27/h2-3,6-9,14-16,31H,4-5,10-13,17H2,1H3. The molecule has 0 unspecified atom stereocenters. The highest BCUT2D eigenvalue weighted by molar-refractivity contribution is 6.01. The number of ether oxygens (including phenoxy) is 1. The van der Waals surface area contributed by atoms with Gasteiger partial charge in [-0.1, -0.05) is 36.4 Å². The van der Waals surface area contributed by atoms with Crippen LogP contribution in [0.4, 0.5) is 0 Å². The van der Waals surface area contributed by atoms with Gasteiger partial charge in [0.2, 0.25) is 0 Å². The lowest BCUT2D eigenvalue weighted by Gasteiger charge is -2.31. The predicted molar refractivity (Wildman–Crippen MR) is 127 cm³/mol. The van der Waals surface area contributed by atoms with Crippen LogP contribution in [0, 0.1) is 6.92 Å². The summed E-state index contributed by atoms with van der Waals surface area (Å²) in [5.41, 5.74) is 4.20. The van der Waals surface area contributed by atoms with Gasteiger partial charge in [0, 0.05) is 11.6 Å². The zero-order valence-electron chi connectivity index (χ0n) is 18.3. The van der Waals surface area contributed by atoms with Gasteiger partial charge in [0.25, 0.3) is 0 Å². The van der Waals surface area contributed by atoms with Crippen molar-refractivity contribution in [1.82, 2.24) is 14.9 Å². The van der Waals surface area contributed by atoms with Crippen LogP contribution in [-0.2, 0) is 0 Å². The van der Waals surface area contributed by atoms with Gasteiger partial charge in [-0.2, -0.15) is 4.98 Å². The van der Waals surface area contributed by atoms with Gasteiger partial charge in [0.15, 0.2) is 0 Å². The highest BCUT2D eigenvalue weighted by atomic mass is 16.5. The van der Waals surface area contributed by atoms with E-state index < -0.39 is 0 Å². The maximum atomic E-state index is 10.3. The number of nitrogens with zero attached hydrogens (tertiary/aromatic N) is 3. The number of fused-ring (bicyclic) bond motifs is 3. The fourth-order valence-electron chi connectivity index (χ4n) is 5.76. The summed E-state index contributed by atoms with van der Waals surface area (Å²) >= 11 is 0. The molecular formula is C27H27N3O2. The molecule has 162 valence electrons. The number of aromatic nitrogens is 2. The topological polar surface area (TPSA) is 58.5 Å². The van der Waals surface area contributed by atoms with E-state index in [1.165, 1.54) is 38.8 Å². The third kappa shape index (κ3) is 3.11. The Morgan fingerprint density at radius 2 is 1.81 bits per heavy atom. The van der Waals surface area contributed by atoms with E-state index in [-0.39, 0.29) is 11.3 Å². The predicted octanol–water partition coefficient (Wildman–Crippen LogP) is 5.47. The minimum Gasteiger partial charge on any atom is -0.508 e. The lowest BCUT2D eigenvalue weighted by molar-refractivity contribution is 0.108. The van der Waals surface area contributed by atoms with Crippen LogP contribution in [0.1, 0.15) is 31.2 Å². The van der Waals surface area contributed by atoms with E-state index >= 15 is 0 Å². The smallest absolute Gasteiger partial charge is 0.316 e. The quantitative estimate of drug-likeness (QED) is 0.470. The van der Waals surface area contributed by atoms with E-state index in [9.17, 15) is 5.11 Å². The SMILES string of the molecule is Cc1c(-c2cc(O)cc3ccccc23)ccc2cnc(OCC34CCCN3CCC4)nc12. The molecule has 0 saturated carbocycles. The molecule has 0 spiro atoms. The largest absolute Gasteiger partial charge is 0.508 e. The number of benzene rings is 3. The van der Waals surface area contributed by atoms with Gasteiger partial charge in [0.05, 0.1) is 11.1 Å². The van der Waals surface area contributed by atoms with E-state index in [0.29, 0.717) is 12.6 Å². The summed E-state index contributed by atoms with van der Waals surface area (Å²) in [6, 6.07) is 16.4. The summed E-state index contributed by atoms with van der Waals surface area (Å²) in [6.07, 6.45) is 6.76. The van der Waals surface area contributed by atoms with Crippen LogP contribution in [0.25, 0.3) is 32.8 Å². The van der Waals surface area contributed by atoms with Gasteiger partial charge in [-0.15, -0.1) is 0 Å². The molecule has 3 heterocycles. The van der Waals surface area contributed by atoms with Gasteiger partial charge < -0.3 is 9.84 Å². The first kappa shape index (κ1) is 19.5. The summed E-state index contributed by atoms with van der Waals surface area (Å²) in [6.45, 7) is 5.11. The Hall–Kier alpha value is -3.18. The van der Waals surface area contributed by atoms with Crippen molar-refractivity contribution in [2.75, 3.05) is 19.7 Å². The molecule has 1 N–H and O–H groups in total. The summed E-state index contributed by atoms with van der Waals surface area (Å²) in [7, 11) is 0. The Kier molecular flexibility index (Phi) is 4.54. The van der Waals surface area contributed by atoms with Crippen molar-refractivity contribution in [3.05, 3.63) is 60.3 Å². The Morgan fingerprint density at radius 1 is 1.00 bits per heavy atom. The second-order valence-electron chi connectivity index (χ2n) is 9.25. The Balaban J connectivity index is 1.39. The number of phenols is 1. The van der Waals surface area contributed by atoms with E-state index in [4.69, 9.17) is 9.72 Å². The monoisotopic (exact) mass is 425 g/mol. The van der Waals surface area contributed by atoms with Crippen molar-refractivity contribution in [3.8, 4) is 22.9 Å². The van der Waals surface area contributed by atoms with Crippen molar-refractivity contribution in [2.24, 2.45) is 0 Å². The molecule has 3 aromatic carbocycles. The minimum absolute atomic E-state index is 0.176. The first-order chi connectivity index (χ1) is 15.6. The lowest BCUT2D eigenvalue weighted by atomic mass is 9.93. The van der Waals surface area contributed by atoms with Crippen LogP contribution in [0.2, 0.25) is 0 Å². The highest BCUT2D eigenvalue weighted by Gasteiger charge is 2.44. The van der Waals surface area contributed by atoms with Gasteiger partial charge in [-0.05, 0) is 85.3 Å². The van der Waals surface area contributed by atoms with Gasteiger partial charge >= 0.3 is 6.01 Å². The van der Waals surface area contributed by atoms with Crippen LogP contribution in [0.5, 0.6) is 11.8 Å². The van der Waals surface area contributed by atoms with Crippen LogP contribution >= 0.6 is 0 Å². The molecule has 0 aliphatic carbocycles. The van der Waals surface area contributed by atoms with Crippen LogP contribution in [0.15, 0.2) is 54.7 Å². The van der Waals surface area contributed by atoms with Crippen LogP contribution in [0.3, 0.4) is 0 Å². The van der Waals surface area contributed by atoms with E-state index in [1.807, 2.05) is 30.5 Å². The molecule has 0 amide bonds. The second kappa shape index (κ2) is 7.45. The van der Waals surface area contributed by atoms with Crippen molar-refractivity contribution in [2.45, 2.75) is 38.1 Å². The van der Waals surface area contributed by atoms with Crippen molar-refractivity contribution in [3.63, 3.8) is 0 Å². The molecule has 0 radical (unpaired) electrons. The molecular weight excluding hydrogens is 398 g/mol. The second-order valence-corrected chi connectivity index (χ2v) is 9.25. The van der Waals surface area contributed by atoms with Crippen molar-refractivity contribution < 1.29 is 9.84 Å². The summed E-state index contributed by atoms with van der Waals surface area (Å²) < 4.78 is 6.19. The van der Waals surface area contributed by atoms with Crippen molar-refractivity contribution >= 4 is 21.7 Å². The van der Waals surface area contributed by atoms with Gasteiger partial charge in [-0.25, -0.2) is 4.98 Å². The fraction of sp³-hybridized carbons (Fsp3) is 0.333. The highest BCUT2D eigenvalue weighted by Crippen LogP contribution is 2.39. The molecule has 6 rings (SSSR count). The number of hydrogen-bond acceptors (Lipinski definition) is 5. The van der Waals surface area contributed by atoms with Crippen molar-refractivity contribution in [1.29, 1.82) is 0 Å². The van der Waals surface area contributed by atoms with Gasteiger partial charge in [-0.3, -0.25) is 4.90 Å². The number of aryl methyl sites for hydroxylation is 1. The molecule has 0 atom stereocenters. The number of rotatable bonds is 4. The average molecular weight is 426 g/mol. The average Bonchev–Trinajstić information content (AvgIpc) is 3.38. The molecule has 0 bridgehead atoms. The zero-order valence-corrected chi connectivity index (χ0v) is 18.3. The summed E-state index contributed by atoms with van der Waals surface area (Å²) in [5.74, 6) is 0.266. The van der Waals surface area contributed by atoms with Crippen LogP contribution in [-0.4, -0.2) is 45.2 Å². The molecule has 2 fully saturated rings. The first-order valence-corrected chi connectivity index (χ1v) is 11.5. The number of phenolic OH excluding ortho intramolecular Hbond substituents is 1. The summed E-state index contributed by atoms with van der Waals surface area (Å²) in [4.78, 5) is 11.9. The zero-order chi connectivity index (χ0) is 21.7. The maximum absolute atomic E-state index is 10.3. The molecule has 4 aromatic rings. The molecule has 1 aromatic heterocycles. The van der Waals surface area contributed by atoms with Gasteiger partial charge in [0.1, 0.15) is 12.4 Å². The van der Waals surface area contributed by atoms with E-state index in [0.717, 1.165) is 38.4 Å². The third-order valence-corrected chi connectivity index (χ3v) is 7.40. The molecule has 2 aliphatic rings.